The first-order valence-electron chi connectivity index (χ1n) is 6.55. The second-order valence-electron chi connectivity index (χ2n) is 4.97. The molecule has 0 aliphatic carbocycles. The molecule has 0 saturated carbocycles. The second-order valence-corrected chi connectivity index (χ2v) is 5.41. The number of aryl methyl sites for hydroxylation is 1. The van der Waals surface area contributed by atoms with Crippen molar-refractivity contribution in [3.63, 3.8) is 0 Å². The highest BCUT2D eigenvalue weighted by atomic mass is 35.5. The number of fused-ring (bicyclic) bond motifs is 1. The van der Waals surface area contributed by atoms with Crippen LogP contribution in [0.2, 0.25) is 5.02 Å². The number of benzene rings is 2. The molecule has 0 saturated heterocycles. The third-order valence-corrected chi connectivity index (χ3v) is 3.83. The van der Waals surface area contributed by atoms with Crippen molar-refractivity contribution < 1.29 is 4.79 Å². The van der Waals surface area contributed by atoms with Crippen LogP contribution in [0.1, 0.15) is 17.0 Å². The molecule has 1 unspecified atom stereocenters. The minimum atomic E-state index is -0.152. The highest BCUT2D eigenvalue weighted by Crippen LogP contribution is 2.32. The Balaban J connectivity index is 1.81. The van der Waals surface area contributed by atoms with Crippen LogP contribution in [-0.2, 0) is 4.79 Å². The summed E-state index contributed by atoms with van der Waals surface area (Å²) in [5.41, 5.74) is 3.87. The molecule has 0 radical (unpaired) electrons. The molecule has 102 valence electrons. The molecule has 1 heterocycles. The van der Waals surface area contributed by atoms with Crippen LogP contribution < -0.4 is 10.6 Å². The van der Waals surface area contributed by atoms with E-state index in [0.29, 0.717) is 11.6 Å². The van der Waals surface area contributed by atoms with Crippen LogP contribution >= 0.6 is 11.6 Å². The van der Waals surface area contributed by atoms with Crippen molar-refractivity contribution in [1.82, 2.24) is 0 Å². The van der Waals surface area contributed by atoms with E-state index < -0.39 is 0 Å². The van der Waals surface area contributed by atoms with Crippen molar-refractivity contribution in [3.05, 3.63) is 58.6 Å². The van der Waals surface area contributed by atoms with Gasteiger partial charge < -0.3 is 10.6 Å². The van der Waals surface area contributed by atoms with E-state index >= 15 is 0 Å². The third kappa shape index (κ3) is 2.37. The average molecular weight is 287 g/mol. The molecule has 20 heavy (non-hydrogen) atoms. The number of para-hydroxylation sites is 1. The molecule has 1 aliphatic rings. The van der Waals surface area contributed by atoms with Gasteiger partial charge in [0.15, 0.2) is 0 Å². The molecule has 0 spiro atoms. The predicted octanol–water partition coefficient (Wildman–Crippen LogP) is 3.80. The van der Waals surface area contributed by atoms with Gasteiger partial charge in [0.25, 0.3) is 0 Å². The Morgan fingerprint density at radius 2 is 2.10 bits per heavy atom. The fourth-order valence-electron chi connectivity index (χ4n) is 2.50. The summed E-state index contributed by atoms with van der Waals surface area (Å²) in [6.07, 6.45) is 0. The van der Waals surface area contributed by atoms with E-state index in [0.717, 1.165) is 22.5 Å². The van der Waals surface area contributed by atoms with Gasteiger partial charge in [-0.25, -0.2) is 0 Å². The largest absolute Gasteiger partial charge is 0.384 e. The zero-order chi connectivity index (χ0) is 14.1. The monoisotopic (exact) mass is 286 g/mol. The van der Waals surface area contributed by atoms with E-state index in [1.807, 2.05) is 43.3 Å². The van der Waals surface area contributed by atoms with Gasteiger partial charge in [0.1, 0.15) is 0 Å². The molecule has 2 aromatic carbocycles. The van der Waals surface area contributed by atoms with Gasteiger partial charge in [-0.3, -0.25) is 4.79 Å². The molecule has 3 nitrogen and oxygen atoms in total. The maximum atomic E-state index is 12.4. The fraction of sp³-hybridized carbons (Fsp3) is 0.188. The maximum absolute atomic E-state index is 12.4. The summed E-state index contributed by atoms with van der Waals surface area (Å²) in [6, 6.07) is 13.4. The van der Waals surface area contributed by atoms with Crippen LogP contribution in [-0.4, -0.2) is 12.5 Å². The number of nitrogens with one attached hydrogen (secondary N) is 2. The molecule has 0 aromatic heterocycles. The number of halogens is 1. The SMILES string of the molecule is Cc1cc(Cl)ccc1NC(=O)C1CNc2ccccc21. The van der Waals surface area contributed by atoms with Crippen molar-refractivity contribution in [2.24, 2.45) is 0 Å². The molecular formula is C16H15ClN2O. The molecule has 0 bridgehead atoms. The van der Waals surface area contributed by atoms with Crippen LogP contribution in [0.15, 0.2) is 42.5 Å². The zero-order valence-electron chi connectivity index (χ0n) is 11.1. The number of anilines is 2. The Bertz CT molecular complexity index is 669. The molecule has 1 atom stereocenters. The van der Waals surface area contributed by atoms with Crippen molar-refractivity contribution in [3.8, 4) is 0 Å². The lowest BCUT2D eigenvalue weighted by atomic mass is 10.0. The van der Waals surface area contributed by atoms with Gasteiger partial charge in [-0.2, -0.15) is 0 Å². The highest BCUT2D eigenvalue weighted by molar-refractivity contribution is 6.30. The summed E-state index contributed by atoms with van der Waals surface area (Å²) in [5.74, 6) is -0.144. The first kappa shape index (κ1) is 13.0. The number of amides is 1. The lowest BCUT2D eigenvalue weighted by molar-refractivity contribution is -0.117. The summed E-state index contributed by atoms with van der Waals surface area (Å²) in [5, 5.41) is 6.92. The number of hydrogen-bond donors (Lipinski definition) is 2. The van der Waals surface area contributed by atoms with E-state index in [1.54, 1.807) is 6.07 Å². The van der Waals surface area contributed by atoms with Crippen LogP contribution in [0.4, 0.5) is 11.4 Å². The lowest BCUT2D eigenvalue weighted by Gasteiger charge is -2.13. The van der Waals surface area contributed by atoms with Crippen molar-refractivity contribution in [2.45, 2.75) is 12.8 Å². The summed E-state index contributed by atoms with van der Waals surface area (Å²) in [7, 11) is 0. The van der Waals surface area contributed by atoms with E-state index in [4.69, 9.17) is 11.6 Å². The molecule has 2 aromatic rings. The Morgan fingerprint density at radius 3 is 2.90 bits per heavy atom. The van der Waals surface area contributed by atoms with Gasteiger partial charge in [-0.1, -0.05) is 29.8 Å². The van der Waals surface area contributed by atoms with Crippen molar-refractivity contribution >= 4 is 28.9 Å². The summed E-state index contributed by atoms with van der Waals surface area (Å²) < 4.78 is 0. The lowest BCUT2D eigenvalue weighted by Crippen LogP contribution is -2.22. The van der Waals surface area contributed by atoms with Gasteiger partial charge in [0, 0.05) is 22.9 Å². The van der Waals surface area contributed by atoms with Crippen LogP contribution in [0, 0.1) is 6.92 Å². The third-order valence-electron chi connectivity index (χ3n) is 3.60. The van der Waals surface area contributed by atoms with E-state index in [9.17, 15) is 4.79 Å². The van der Waals surface area contributed by atoms with E-state index in [-0.39, 0.29) is 11.8 Å². The van der Waals surface area contributed by atoms with Crippen LogP contribution in [0.3, 0.4) is 0 Å². The second kappa shape index (κ2) is 5.17. The Labute approximate surface area is 123 Å². The normalized spacial score (nSPS) is 16.4. The van der Waals surface area contributed by atoms with E-state index in [1.165, 1.54) is 0 Å². The number of carbonyl (C=O) groups is 1. The van der Waals surface area contributed by atoms with Crippen LogP contribution in [0.25, 0.3) is 0 Å². The molecule has 4 heteroatoms. The van der Waals surface area contributed by atoms with Crippen molar-refractivity contribution in [1.29, 1.82) is 0 Å². The smallest absolute Gasteiger partial charge is 0.233 e. The van der Waals surface area contributed by atoms with E-state index in [2.05, 4.69) is 10.6 Å². The number of hydrogen-bond acceptors (Lipinski definition) is 2. The summed E-state index contributed by atoms with van der Waals surface area (Å²) >= 11 is 5.92. The van der Waals surface area contributed by atoms with Gasteiger partial charge in [-0.05, 0) is 42.3 Å². The highest BCUT2D eigenvalue weighted by Gasteiger charge is 2.28. The Hall–Kier alpha value is -2.00. The molecule has 1 amide bonds. The Kier molecular flexibility index (Phi) is 3.36. The standard InChI is InChI=1S/C16H15ClN2O/c1-10-8-11(17)6-7-14(10)19-16(20)13-9-18-15-5-3-2-4-12(13)15/h2-8,13,18H,9H2,1H3,(H,19,20). The molecular weight excluding hydrogens is 272 g/mol. The predicted molar refractivity (Wildman–Crippen MR) is 82.5 cm³/mol. The molecule has 1 aliphatic heterocycles. The molecule has 3 rings (SSSR count). The van der Waals surface area contributed by atoms with Gasteiger partial charge >= 0.3 is 0 Å². The summed E-state index contributed by atoms with van der Waals surface area (Å²) in [6.45, 7) is 2.57. The minimum Gasteiger partial charge on any atom is -0.384 e. The molecule has 2 N–H and O–H groups in total. The van der Waals surface area contributed by atoms with Crippen LogP contribution in [0.5, 0.6) is 0 Å². The average Bonchev–Trinajstić information content (AvgIpc) is 2.86. The van der Waals surface area contributed by atoms with Gasteiger partial charge in [0.05, 0.1) is 5.92 Å². The summed E-state index contributed by atoms with van der Waals surface area (Å²) in [4.78, 5) is 12.4. The van der Waals surface area contributed by atoms with Gasteiger partial charge in [0.2, 0.25) is 5.91 Å². The topological polar surface area (TPSA) is 41.1 Å². The number of carbonyl (C=O) groups excluding carboxylic acids is 1. The number of rotatable bonds is 2. The Morgan fingerprint density at radius 1 is 1.30 bits per heavy atom. The van der Waals surface area contributed by atoms with Gasteiger partial charge in [-0.15, -0.1) is 0 Å². The maximum Gasteiger partial charge on any atom is 0.233 e. The zero-order valence-corrected chi connectivity index (χ0v) is 11.9. The first-order valence-corrected chi connectivity index (χ1v) is 6.93. The minimum absolute atomic E-state index is 0.00729. The fourth-order valence-corrected chi connectivity index (χ4v) is 2.73. The van der Waals surface area contributed by atoms with Crippen molar-refractivity contribution in [2.75, 3.05) is 17.2 Å². The first-order chi connectivity index (χ1) is 9.65. The molecule has 0 fully saturated rings. The quantitative estimate of drug-likeness (QED) is 0.882.